The molecule has 0 radical (unpaired) electrons. The van der Waals surface area contributed by atoms with Gasteiger partial charge in [-0.3, -0.25) is 9.59 Å². The zero-order valence-corrected chi connectivity index (χ0v) is 7.69. The van der Waals surface area contributed by atoms with E-state index in [9.17, 15) is 9.59 Å². The Hall–Kier alpha value is -0.770. The number of esters is 1. The molecule has 0 saturated heterocycles. The molecular weight excluding hydrogens is 182 g/mol. The van der Waals surface area contributed by atoms with Gasteiger partial charge in [-0.05, 0) is 6.92 Å². The van der Waals surface area contributed by atoms with Crippen molar-refractivity contribution in [3.63, 3.8) is 0 Å². The first-order valence-corrected chi connectivity index (χ1v) is 4.22. The van der Waals surface area contributed by atoms with Crippen LogP contribution in [0, 0.1) is 0 Å². The molecule has 0 bridgehead atoms. The van der Waals surface area contributed by atoms with E-state index in [1.54, 1.807) is 6.92 Å². The average Bonchev–Trinajstić information content (AvgIpc) is 2.02. The van der Waals surface area contributed by atoms with Crippen molar-refractivity contribution in [2.24, 2.45) is 0 Å². The standard InChI is InChI=1S/C7H12ClNO3/c1-2-12-7(11)5-9-6(10)3-4-8/h2-5H2,1H3,(H,9,10). The maximum absolute atomic E-state index is 10.7. The van der Waals surface area contributed by atoms with Crippen molar-refractivity contribution in [1.82, 2.24) is 5.32 Å². The van der Waals surface area contributed by atoms with Crippen molar-refractivity contribution in [2.75, 3.05) is 19.0 Å². The van der Waals surface area contributed by atoms with Crippen molar-refractivity contribution in [2.45, 2.75) is 13.3 Å². The van der Waals surface area contributed by atoms with Gasteiger partial charge in [0.2, 0.25) is 5.91 Å². The van der Waals surface area contributed by atoms with Crippen LogP contribution in [-0.4, -0.2) is 30.9 Å². The summed E-state index contributed by atoms with van der Waals surface area (Å²) in [6, 6.07) is 0. The molecule has 12 heavy (non-hydrogen) atoms. The number of nitrogens with one attached hydrogen (secondary N) is 1. The van der Waals surface area contributed by atoms with Crippen molar-refractivity contribution >= 4 is 23.5 Å². The Bertz CT molecular complexity index is 143. The van der Waals surface area contributed by atoms with Crippen LogP contribution in [0.25, 0.3) is 0 Å². The number of ether oxygens (including phenoxy) is 1. The monoisotopic (exact) mass is 193 g/mol. The maximum atomic E-state index is 10.7. The van der Waals surface area contributed by atoms with E-state index >= 15 is 0 Å². The highest BCUT2D eigenvalue weighted by Crippen LogP contribution is 1.83. The Morgan fingerprint density at radius 1 is 1.50 bits per heavy atom. The lowest BCUT2D eigenvalue weighted by molar-refractivity contribution is -0.143. The number of hydrogen-bond acceptors (Lipinski definition) is 3. The zero-order valence-electron chi connectivity index (χ0n) is 6.93. The molecule has 0 heterocycles. The fourth-order valence-electron chi connectivity index (χ4n) is 0.557. The molecule has 0 rings (SSSR count). The van der Waals surface area contributed by atoms with E-state index in [1.807, 2.05) is 0 Å². The van der Waals surface area contributed by atoms with Crippen molar-refractivity contribution in [3.8, 4) is 0 Å². The Morgan fingerprint density at radius 3 is 2.67 bits per heavy atom. The van der Waals surface area contributed by atoms with Crippen LogP contribution in [0.2, 0.25) is 0 Å². The molecule has 5 heteroatoms. The summed E-state index contributed by atoms with van der Waals surface area (Å²) in [4.78, 5) is 21.4. The van der Waals surface area contributed by atoms with E-state index in [0.717, 1.165) is 0 Å². The highest BCUT2D eigenvalue weighted by Gasteiger charge is 2.04. The summed E-state index contributed by atoms with van der Waals surface area (Å²) < 4.78 is 4.58. The van der Waals surface area contributed by atoms with Crippen molar-refractivity contribution in [1.29, 1.82) is 0 Å². The third kappa shape index (κ3) is 5.97. The van der Waals surface area contributed by atoms with Crippen LogP contribution in [0.5, 0.6) is 0 Å². The highest BCUT2D eigenvalue weighted by molar-refractivity contribution is 6.18. The van der Waals surface area contributed by atoms with Gasteiger partial charge < -0.3 is 10.1 Å². The minimum atomic E-state index is -0.430. The minimum Gasteiger partial charge on any atom is -0.465 e. The second kappa shape index (κ2) is 6.91. The number of rotatable bonds is 5. The van der Waals surface area contributed by atoms with Gasteiger partial charge in [-0.15, -0.1) is 11.6 Å². The third-order valence-electron chi connectivity index (χ3n) is 1.06. The summed E-state index contributed by atoms with van der Waals surface area (Å²) in [5, 5.41) is 2.37. The van der Waals surface area contributed by atoms with Crippen LogP contribution in [-0.2, 0) is 14.3 Å². The fraction of sp³-hybridized carbons (Fsp3) is 0.714. The van der Waals surface area contributed by atoms with Crippen LogP contribution < -0.4 is 5.32 Å². The number of alkyl halides is 1. The normalized spacial score (nSPS) is 9.17. The SMILES string of the molecule is CCOC(=O)CNC(=O)CCCl. The van der Waals surface area contributed by atoms with Crippen LogP contribution in [0.15, 0.2) is 0 Å². The van der Waals surface area contributed by atoms with E-state index in [-0.39, 0.29) is 24.8 Å². The molecule has 0 fully saturated rings. The van der Waals surface area contributed by atoms with Gasteiger partial charge in [-0.2, -0.15) is 0 Å². The van der Waals surface area contributed by atoms with Crippen LogP contribution >= 0.6 is 11.6 Å². The molecular formula is C7H12ClNO3. The maximum Gasteiger partial charge on any atom is 0.325 e. The summed E-state index contributed by atoms with van der Waals surface area (Å²) in [7, 11) is 0. The van der Waals surface area contributed by atoms with E-state index in [1.165, 1.54) is 0 Å². The quantitative estimate of drug-likeness (QED) is 0.505. The number of amides is 1. The Morgan fingerprint density at radius 2 is 2.17 bits per heavy atom. The molecule has 0 aromatic carbocycles. The van der Waals surface area contributed by atoms with Crippen molar-refractivity contribution < 1.29 is 14.3 Å². The Balaban J connectivity index is 3.40. The van der Waals surface area contributed by atoms with Gasteiger partial charge >= 0.3 is 5.97 Å². The van der Waals surface area contributed by atoms with Gasteiger partial charge in [0.05, 0.1) is 6.61 Å². The molecule has 0 aromatic rings. The Kier molecular flexibility index (Phi) is 6.47. The summed E-state index contributed by atoms with van der Waals surface area (Å²) in [5.41, 5.74) is 0. The number of halogens is 1. The van der Waals surface area contributed by atoms with Crippen molar-refractivity contribution in [3.05, 3.63) is 0 Å². The van der Waals surface area contributed by atoms with E-state index < -0.39 is 5.97 Å². The van der Waals surface area contributed by atoms with Crippen LogP contribution in [0.3, 0.4) is 0 Å². The zero-order chi connectivity index (χ0) is 9.40. The summed E-state index contributed by atoms with van der Waals surface area (Å²) in [6.07, 6.45) is 0.223. The first-order valence-electron chi connectivity index (χ1n) is 3.69. The molecule has 1 N–H and O–H groups in total. The fourth-order valence-corrected chi connectivity index (χ4v) is 0.729. The highest BCUT2D eigenvalue weighted by atomic mass is 35.5. The van der Waals surface area contributed by atoms with Gasteiger partial charge in [0.25, 0.3) is 0 Å². The van der Waals surface area contributed by atoms with Gasteiger partial charge in [0.15, 0.2) is 0 Å². The van der Waals surface area contributed by atoms with E-state index in [0.29, 0.717) is 6.61 Å². The number of carbonyl (C=O) groups is 2. The molecule has 0 aliphatic rings. The van der Waals surface area contributed by atoms with E-state index in [4.69, 9.17) is 11.6 Å². The molecule has 0 unspecified atom stereocenters. The summed E-state index contributed by atoms with van der Waals surface area (Å²) in [5.74, 6) is -0.409. The molecule has 0 atom stereocenters. The first-order chi connectivity index (χ1) is 5.70. The van der Waals surface area contributed by atoms with Gasteiger partial charge in [-0.1, -0.05) is 0 Å². The molecule has 0 aromatic heterocycles. The summed E-state index contributed by atoms with van der Waals surface area (Å²) in [6.45, 7) is 1.95. The lowest BCUT2D eigenvalue weighted by Crippen LogP contribution is -2.30. The number of carbonyl (C=O) groups excluding carboxylic acids is 2. The molecule has 0 aliphatic carbocycles. The predicted molar refractivity (Wildman–Crippen MR) is 45.0 cm³/mol. The van der Waals surface area contributed by atoms with Crippen LogP contribution in [0.1, 0.15) is 13.3 Å². The van der Waals surface area contributed by atoms with Crippen LogP contribution in [0.4, 0.5) is 0 Å². The lowest BCUT2D eigenvalue weighted by Gasteiger charge is -2.02. The molecule has 0 saturated carbocycles. The Labute approximate surface area is 76.2 Å². The first kappa shape index (κ1) is 11.2. The second-order valence-electron chi connectivity index (χ2n) is 2.02. The smallest absolute Gasteiger partial charge is 0.325 e. The van der Waals surface area contributed by atoms with Gasteiger partial charge in [0, 0.05) is 12.3 Å². The summed E-state index contributed by atoms with van der Waals surface area (Å²) >= 11 is 5.30. The largest absolute Gasteiger partial charge is 0.465 e. The second-order valence-corrected chi connectivity index (χ2v) is 2.40. The van der Waals surface area contributed by atoms with Gasteiger partial charge in [-0.25, -0.2) is 0 Å². The molecule has 70 valence electrons. The third-order valence-corrected chi connectivity index (χ3v) is 1.25. The lowest BCUT2D eigenvalue weighted by atomic mass is 10.4. The van der Waals surface area contributed by atoms with Gasteiger partial charge in [0.1, 0.15) is 6.54 Å². The van der Waals surface area contributed by atoms with E-state index in [2.05, 4.69) is 10.1 Å². The molecule has 0 spiro atoms. The average molecular weight is 194 g/mol. The molecule has 0 aliphatic heterocycles. The number of hydrogen-bond donors (Lipinski definition) is 1. The predicted octanol–water partition coefficient (Wildman–Crippen LogP) is 0.295. The molecule has 1 amide bonds. The minimum absolute atomic E-state index is 0.0798. The molecule has 4 nitrogen and oxygen atoms in total. The topological polar surface area (TPSA) is 55.4 Å².